The average Bonchev–Trinajstić information content (AvgIpc) is 3.70. The van der Waals surface area contributed by atoms with Crippen molar-refractivity contribution in [3.05, 3.63) is 41.4 Å². The fourth-order valence-electron chi connectivity index (χ4n) is 9.21. The van der Waals surface area contributed by atoms with Gasteiger partial charge in [0.1, 0.15) is 29.4 Å². The normalized spacial score (nSPS) is 38.3. The van der Waals surface area contributed by atoms with Crippen molar-refractivity contribution in [3.63, 3.8) is 0 Å². The van der Waals surface area contributed by atoms with Crippen LogP contribution >= 0.6 is 11.3 Å². The Balaban J connectivity index is 1.45. The Hall–Kier alpha value is -3.92. The van der Waals surface area contributed by atoms with Crippen LogP contribution in [0.2, 0.25) is 0 Å². The fraction of sp³-hybridized carbons (Fsp3) is 0.652. The third kappa shape index (κ3) is 10.4. The number of amides is 1. The maximum absolute atomic E-state index is 14.5. The van der Waals surface area contributed by atoms with Gasteiger partial charge in [0.15, 0.2) is 12.1 Å². The number of Topliss-reactive ketones (excluding diaryl/α,β-unsaturated/α-hetero) is 1. The number of hydrogen-bond acceptors (Lipinski definition) is 15. The fourth-order valence-corrected chi connectivity index (χ4v) is 10.1. The molecule has 0 aliphatic carbocycles. The number of nitrogens with zero attached hydrogens (tertiary/aromatic N) is 4. The number of carbonyl (C=O) groups is 3. The Labute approximate surface area is 368 Å². The van der Waals surface area contributed by atoms with Gasteiger partial charge in [0.2, 0.25) is 6.10 Å². The average molecular weight is 879 g/mol. The lowest BCUT2D eigenvalue weighted by Crippen LogP contribution is -2.60. The number of oxime groups is 1. The van der Waals surface area contributed by atoms with Crippen molar-refractivity contribution < 1.29 is 53.1 Å². The first-order chi connectivity index (χ1) is 29.3. The number of aliphatic imine (C=N–C) groups is 1. The minimum absolute atomic E-state index is 0.0375. The maximum Gasteiger partial charge on any atom is 0.316 e. The van der Waals surface area contributed by atoms with E-state index in [0.717, 1.165) is 15.4 Å². The minimum atomic E-state index is -1.84. The molecule has 62 heavy (non-hydrogen) atoms. The van der Waals surface area contributed by atoms with Crippen molar-refractivity contribution in [3.8, 4) is 22.4 Å². The van der Waals surface area contributed by atoms with Gasteiger partial charge in [0, 0.05) is 29.8 Å². The van der Waals surface area contributed by atoms with E-state index in [9.17, 15) is 24.6 Å². The smallest absolute Gasteiger partial charge is 0.316 e. The van der Waals surface area contributed by atoms with Gasteiger partial charge in [-0.05, 0) is 91.2 Å². The van der Waals surface area contributed by atoms with Crippen molar-refractivity contribution in [1.29, 1.82) is 0 Å². The summed E-state index contributed by atoms with van der Waals surface area (Å²) in [5.41, 5.74) is -1.80. The number of thiophene rings is 1. The Morgan fingerprint density at radius 2 is 1.79 bits per heavy atom. The number of ether oxygens (including phenoxy) is 5. The summed E-state index contributed by atoms with van der Waals surface area (Å²) in [6.07, 6.45) is -4.56. The third-order valence-electron chi connectivity index (χ3n) is 12.7. The second-order valence-corrected chi connectivity index (χ2v) is 18.9. The molecule has 14 atom stereocenters. The summed E-state index contributed by atoms with van der Waals surface area (Å²) in [6.45, 7) is 13.4. The molecule has 6 heterocycles. The molecule has 3 fully saturated rings. The number of rotatable bonds is 6. The number of aliphatic hydroxyl groups is 2. The van der Waals surface area contributed by atoms with Crippen molar-refractivity contribution in [2.75, 3.05) is 27.3 Å². The number of esters is 1. The molecule has 0 radical (unpaired) electrons. The molecule has 2 N–H and O–H groups in total. The van der Waals surface area contributed by atoms with Gasteiger partial charge in [-0.15, -0.1) is 11.3 Å². The van der Waals surface area contributed by atoms with Crippen molar-refractivity contribution >= 4 is 40.4 Å². The summed E-state index contributed by atoms with van der Waals surface area (Å²) in [4.78, 5) is 61.5. The zero-order valence-electron chi connectivity index (χ0n) is 37.4. The second-order valence-electron chi connectivity index (χ2n) is 17.8. The Bertz CT molecular complexity index is 2040. The van der Waals surface area contributed by atoms with Crippen LogP contribution < -0.4 is 0 Å². The SMILES string of the molecule is CC[C@H]1OC(=O)[C@H](C)C(=O)[C@H](C)[C@@H](O[C@@H]2O[C@H](C)C[C@H](N(C)C)[C@H]2O)[C@@]2(C)C[C@@H](C)C3=NC(=O)C(CC#Cc4ccc(-c5ccccn5)s4)O/N=C(/CO[C@H]([C@H]3C)[C@]1(C)O)CO2. The number of aromatic nitrogens is 1. The predicted octanol–water partition coefficient (Wildman–Crippen LogP) is 4.85. The van der Waals surface area contributed by atoms with Gasteiger partial charge in [0.05, 0.1) is 59.0 Å². The molecular weight excluding hydrogens is 817 g/mol. The van der Waals surface area contributed by atoms with Crippen LogP contribution in [0.1, 0.15) is 86.0 Å². The third-order valence-corrected chi connectivity index (χ3v) is 13.7. The maximum atomic E-state index is 14.5. The summed E-state index contributed by atoms with van der Waals surface area (Å²) < 4.78 is 32.4. The zero-order chi connectivity index (χ0) is 45.1. The molecule has 4 aliphatic heterocycles. The van der Waals surface area contributed by atoms with Crippen LogP contribution in [0.5, 0.6) is 0 Å². The lowest BCUT2D eigenvalue weighted by Gasteiger charge is -2.47. The lowest BCUT2D eigenvalue weighted by atomic mass is 9.73. The highest BCUT2D eigenvalue weighted by Gasteiger charge is 2.53. The Morgan fingerprint density at radius 1 is 1.03 bits per heavy atom. The van der Waals surface area contributed by atoms with Crippen LogP contribution in [-0.2, 0) is 42.9 Å². The van der Waals surface area contributed by atoms with Gasteiger partial charge in [-0.25, -0.2) is 4.99 Å². The molecule has 0 saturated carbocycles. The number of fused-ring (bicyclic) bond motifs is 4. The number of hydrogen-bond donors (Lipinski definition) is 2. The van der Waals surface area contributed by atoms with Crippen LogP contribution in [0.25, 0.3) is 10.6 Å². The first kappa shape index (κ1) is 47.6. The van der Waals surface area contributed by atoms with Crippen LogP contribution in [0.4, 0.5) is 0 Å². The van der Waals surface area contributed by atoms with Gasteiger partial charge in [-0.2, -0.15) is 0 Å². The van der Waals surface area contributed by atoms with Crippen LogP contribution in [-0.4, -0.2) is 137 Å². The molecule has 3 saturated heterocycles. The number of aliphatic hydroxyl groups excluding tert-OH is 1. The van der Waals surface area contributed by atoms with E-state index in [1.807, 2.05) is 70.1 Å². The highest BCUT2D eigenvalue weighted by molar-refractivity contribution is 7.16. The van der Waals surface area contributed by atoms with Gasteiger partial charge >= 0.3 is 5.97 Å². The van der Waals surface area contributed by atoms with Gasteiger partial charge in [0.25, 0.3) is 5.91 Å². The topological polar surface area (TPSA) is 188 Å². The molecule has 16 heteroatoms. The summed E-state index contributed by atoms with van der Waals surface area (Å²) in [5.74, 6) is 0.691. The molecule has 1 unspecified atom stereocenters. The van der Waals surface area contributed by atoms with Crippen molar-refractivity contribution in [2.45, 2.75) is 141 Å². The van der Waals surface area contributed by atoms with Gasteiger partial charge in [-0.3, -0.25) is 19.4 Å². The Morgan fingerprint density at radius 3 is 2.48 bits per heavy atom. The highest BCUT2D eigenvalue weighted by atomic mass is 32.1. The zero-order valence-corrected chi connectivity index (χ0v) is 38.2. The summed E-state index contributed by atoms with van der Waals surface area (Å²) in [7, 11) is 3.74. The van der Waals surface area contributed by atoms with Crippen LogP contribution in [0, 0.1) is 35.5 Å². The Kier molecular flexibility index (Phi) is 15.2. The van der Waals surface area contributed by atoms with Crippen LogP contribution in [0.3, 0.4) is 0 Å². The number of cyclic esters (lactones) is 1. The molecule has 4 aliphatic rings. The number of pyridine rings is 1. The second kappa shape index (κ2) is 19.9. The monoisotopic (exact) mass is 878 g/mol. The van der Waals surface area contributed by atoms with E-state index in [0.29, 0.717) is 12.1 Å². The van der Waals surface area contributed by atoms with E-state index in [1.165, 1.54) is 25.2 Å². The lowest BCUT2D eigenvalue weighted by molar-refractivity contribution is -0.296. The molecule has 15 nitrogen and oxygen atoms in total. The number of ketones is 1. The first-order valence-electron chi connectivity index (χ1n) is 21.6. The molecule has 0 spiro atoms. The molecule has 6 rings (SSSR count). The van der Waals surface area contributed by atoms with E-state index >= 15 is 0 Å². The highest BCUT2D eigenvalue weighted by Crippen LogP contribution is 2.40. The predicted molar refractivity (Wildman–Crippen MR) is 232 cm³/mol. The number of carbonyl (C=O) groups excluding carboxylic acids is 3. The molecule has 2 aromatic heterocycles. The van der Waals surface area contributed by atoms with E-state index in [4.69, 9.17) is 33.5 Å². The number of likely N-dealkylation sites (N-methyl/N-ethyl adjacent to an activating group) is 1. The quantitative estimate of drug-likeness (QED) is 0.228. The summed E-state index contributed by atoms with van der Waals surface area (Å²) in [6, 6.07) is 9.23. The van der Waals surface area contributed by atoms with Gasteiger partial charge < -0.3 is 43.6 Å². The largest absolute Gasteiger partial charge is 0.459 e. The molecular formula is C46H62N4O11S. The summed E-state index contributed by atoms with van der Waals surface area (Å²) in [5, 5.41) is 28.5. The minimum Gasteiger partial charge on any atom is -0.459 e. The van der Waals surface area contributed by atoms with E-state index in [2.05, 4.69) is 22.0 Å². The molecule has 4 bridgehead atoms. The van der Waals surface area contributed by atoms with Crippen LogP contribution in [0.15, 0.2) is 46.7 Å². The molecule has 338 valence electrons. The first-order valence-corrected chi connectivity index (χ1v) is 22.4. The standard InChI is InChI=1S/C46H62N4O11S/c1-11-36-46(8,55)41-27(4)37-25(2)22-45(7,40(28(5)38(51)29(6)43(54)59-36)60-44-39(52)33(50(9)10)21-26(3)58-44)57-24-30(23-56-41)49-61-34(42(53)48-37)17-14-15-31-18-19-35(62-31)32-16-12-13-20-47-32/h12-13,16,18-20,25-29,33-34,36,39-41,44,52,55H,11,17,21-24H2,1-10H3/b48-37?,49-30-/t25-,26-,27+,28+,29-,33+,34?,36-,39-,40-,41-,44+,45-,46-/m1/s1. The molecule has 2 aromatic rings. The molecule has 1 amide bonds. The van der Waals surface area contributed by atoms with E-state index < -0.39 is 89.3 Å². The van der Waals surface area contributed by atoms with Crippen molar-refractivity contribution in [1.82, 2.24) is 9.88 Å². The van der Waals surface area contributed by atoms with E-state index in [1.54, 1.807) is 27.0 Å². The van der Waals surface area contributed by atoms with Gasteiger partial charge in [-0.1, -0.05) is 50.8 Å². The van der Waals surface area contributed by atoms with Crippen molar-refractivity contribution in [2.24, 2.45) is 33.8 Å². The summed E-state index contributed by atoms with van der Waals surface area (Å²) >= 11 is 1.48. The van der Waals surface area contributed by atoms with E-state index in [-0.39, 0.29) is 50.3 Å². The molecule has 0 aromatic carbocycles.